The van der Waals surface area contributed by atoms with Gasteiger partial charge >= 0.3 is 0 Å². The molecule has 1 saturated heterocycles. The third-order valence-corrected chi connectivity index (χ3v) is 6.19. The fraction of sp³-hybridized carbons (Fsp3) is 0.435. The highest BCUT2D eigenvalue weighted by Crippen LogP contribution is 2.39. The number of methoxy groups -OCH3 is 3. The standard InChI is InChI=1S/C23H28N6O5/c1-31-18-7-15(8-19(32-2)21(18)33-3)28-9-20(24-13-28)26-22-16-11-34-12-17(16)25-23(27-22)29-6-4-5-14(29)10-30/h7-9,13-14,30H,4-6,10-12H2,1-3H3,(H,25,26,27)/t14-/m0/s1. The van der Waals surface area contributed by atoms with Crippen LogP contribution in [-0.4, -0.2) is 65.1 Å². The van der Waals surface area contributed by atoms with E-state index in [1.165, 1.54) is 0 Å². The van der Waals surface area contributed by atoms with Gasteiger partial charge in [0.05, 0.1) is 64.8 Å². The van der Waals surface area contributed by atoms with Gasteiger partial charge in [0.1, 0.15) is 18.0 Å². The summed E-state index contributed by atoms with van der Waals surface area (Å²) in [5.41, 5.74) is 2.58. The minimum Gasteiger partial charge on any atom is -0.493 e. The lowest BCUT2D eigenvalue weighted by Crippen LogP contribution is -2.33. The fourth-order valence-corrected chi connectivity index (χ4v) is 4.43. The Kier molecular flexibility index (Phi) is 6.12. The maximum atomic E-state index is 9.74. The number of aliphatic hydroxyl groups excluding tert-OH is 1. The lowest BCUT2D eigenvalue weighted by atomic mass is 10.2. The molecule has 2 aliphatic rings. The van der Waals surface area contributed by atoms with Gasteiger partial charge in [0, 0.05) is 24.2 Å². The number of anilines is 3. The van der Waals surface area contributed by atoms with E-state index in [1.54, 1.807) is 27.7 Å². The van der Waals surface area contributed by atoms with Gasteiger partial charge in [0.2, 0.25) is 11.7 Å². The first-order chi connectivity index (χ1) is 16.6. The molecule has 11 nitrogen and oxygen atoms in total. The number of fused-ring (bicyclic) bond motifs is 1. The van der Waals surface area contributed by atoms with Crippen molar-refractivity contribution in [3.63, 3.8) is 0 Å². The van der Waals surface area contributed by atoms with E-state index in [1.807, 2.05) is 22.9 Å². The molecule has 1 aromatic carbocycles. The van der Waals surface area contributed by atoms with Gasteiger partial charge in [0.15, 0.2) is 11.5 Å². The summed E-state index contributed by atoms with van der Waals surface area (Å²) in [7, 11) is 4.74. The molecule has 11 heteroatoms. The zero-order valence-electron chi connectivity index (χ0n) is 19.4. The Labute approximate surface area is 197 Å². The highest BCUT2D eigenvalue weighted by Gasteiger charge is 2.29. The Balaban J connectivity index is 1.45. The molecule has 5 rings (SSSR count). The Morgan fingerprint density at radius 3 is 2.62 bits per heavy atom. The summed E-state index contributed by atoms with van der Waals surface area (Å²) in [6.07, 6.45) is 5.49. The number of ether oxygens (including phenoxy) is 4. The molecule has 2 N–H and O–H groups in total. The first kappa shape index (κ1) is 22.2. The average molecular weight is 469 g/mol. The van der Waals surface area contributed by atoms with Crippen molar-refractivity contribution in [1.82, 2.24) is 19.5 Å². The summed E-state index contributed by atoms with van der Waals surface area (Å²) in [5.74, 6) is 3.52. The predicted molar refractivity (Wildman–Crippen MR) is 124 cm³/mol. The van der Waals surface area contributed by atoms with Crippen molar-refractivity contribution in [1.29, 1.82) is 0 Å². The monoisotopic (exact) mass is 468 g/mol. The van der Waals surface area contributed by atoms with Crippen molar-refractivity contribution in [3.05, 3.63) is 35.9 Å². The Morgan fingerprint density at radius 1 is 1.12 bits per heavy atom. The Hall–Kier alpha value is -3.57. The van der Waals surface area contributed by atoms with Gasteiger partial charge < -0.3 is 38.8 Å². The van der Waals surface area contributed by atoms with Crippen molar-refractivity contribution in [2.24, 2.45) is 0 Å². The van der Waals surface area contributed by atoms with Crippen molar-refractivity contribution in [3.8, 4) is 22.9 Å². The molecule has 0 amide bonds. The summed E-state index contributed by atoms with van der Waals surface area (Å²) in [4.78, 5) is 16.1. The van der Waals surface area contributed by atoms with Crippen LogP contribution in [0, 0.1) is 0 Å². The second-order valence-corrected chi connectivity index (χ2v) is 8.14. The van der Waals surface area contributed by atoms with Gasteiger partial charge in [-0.05, 0) is 12.8 Å². The summed E-state index contributed by atoms with van der Waals surface area (Å²) in [6.45, 7) is 1.78. The molecule has 0 radical (unpaired) electrons. The molecule has 0 unspecified atom stereocenters. The van der Waals surface area contributed by atoms with E-state index < -0.39 is 0 Å². The number of aliphatic hydroxyl groups is 1. The minimum atomic E-state index is 0.0347. The van der Waals surface area contributed by atoms with Gasteiger partial charge in [-0.1, -0.05) is 0 Å². The highest BCUT2D eigenvalue weighted by atomic mass is 16.5. The Bertz CT molecular complexity index is 1160. The van der Waals surface area contributed by atoms with Crippen LogP contribution in [0.1, 0.15) is 24.1 Å². The molecule has 4 heterocycles. The molecule has 0 bridgehead atoms. The number of nitrogens with zero attached hydrogens (tertiary/aromatic N) is 5. The predicted octanol–water partition coefficient (Wildman–Crippen LogP) is 2.42. The van der Waals surface area contributed by atoms with Crippen LogP contribution in [0.2, 0.25) is 0 Å². The van der Waals surface area contributed by atoms with E-state index in [4.69, 9.17) is 28.9 Å². The second kappa shape index (κ2) is 9.35. The van der Waals surface area contributed by atoms with E-state index in [0.717, 1.165) is 36.3 Å². The maximum absolute atomic E-state index is 9.74. The van der Waals surface area contributed by atoms with E-state index >= 15 is 0 Å². The van der Waals surface area contributed by atoms with Crippen LogP contribution in [0.25, 0.3) is 5.69 Å². The quantitative estimate of drug-likeness (QED) is 0.511. The van der Waals surface area contributed by atoms with Crippen LogP contribution in [-0.2, 0) is 18.0 Å². The van der Waals surface area contributed by atoms with Crippen molar-refractivity contribution < 1.29 is 24.1 Å². The summed E-state index contributed by atoms with van der Waals surface area (Å²) < 4.78 is 23.8. The summed E-state index contributed by atoms with van der Waals surface area (Å²) in [5, 5.41) is 13.1. The van der Waals surface area contributed by atoms with Gasteiger partial charge in [-0.2, -0.15) is 4.98 Å². The van der Waals surface area contributed by atoms with Gasteiger partial charge in [-0.15, -0.1) is 0 Å². The average Bonchev–Trinajstić information content (AvgIpc) is 3.63. The largest absolute Gasteiger partial charge is 0.493 e. The normalized spacial score (nSPS) is 17.1. The molecule has 0 spiro atoms. The second-order valence-electron chi connectivity index (χ2n) is 8.14. The van der Waals surface area contributed by atoms with Crippen molar-refractivity contribution in [2.45, 2.75) is 32.1 Å². The van der Waals surface area contributed by atoms with Crippen LogP contribution in [0.5, 0.6) is 17.2 Å². The van der Waals surface area contributed by atoms with Crippen LogP contribution in [0.3, 0.4) is 0 Å². The maximum Gasteiger partial charge on any atom is 0.227 e. The molecule has 0 saturated carbocycles. The number of imidazole rings is 1. The van der Waals surface area contributed by atoms with Crippen LogP contribution >= 0.6 is 0 Å². The zero-order chi connectivity index (χ0) is 23.7. The first-order valence-electron chi connectivity index (χ1n) is 11.1. The third kappa shape index (κ3) is 3.97. The van der Waals surface area contributed by atoms with E-state index in [0.29, 0.717) is 48.0 Å². The number of benzene rings is 1. The fourth-order valence-electron chi connectivity index (χ4n) is 4.43. The van der Waals surface area contributed by atoms with E-state index in [-0.39, 0.29) is 12.6 Å². The van der Waals surface area contributed by atoms with Crippen LogP contribution < -0.4 is 24.4 Å². The minimum absolute atomic E-state index is 0.0347. The van der Waals surface area contributed by atoms with Gasteiger partial charge in [-0.3, -0.25) is 0 Å². The van der Waals surface area contributed by atoms with Crippen molar-refractivity contribution >= 4 is 17.6 Å². The lowest BCUT2D eigenvalue weighted by Gasteiger charge is -2.24. The van der Waals surface area contributed by atoms with E-state index in [9.17, 15) is 5.11 Å². The molecule has 34 heavy (non-hydrogen) atoms. The molecular weight excluding hydrogens is 440 g/mol. The molecule has 3 aromatic rings. The third-order valence-electron chi connectivity index (χ3n) is 6.19. The molecule has 1 atom stereocenters. The molecule has 180 valence electrons. The Morgan fingerprint density at radius 2 is 1.91 bits per heavy atom. The van der Waals surface area contributed by atoms with Crippen molar-refractivity contribution in [2.75, 3.05) is 44.7 Å². The van der Waals surface area contributed by atoms with E-state index in [2.05, 4.69) is 15.2 Å². The molecular formula is C23H28N6O5. The molecule has 2 aliphatic heterocycles. The number of hydrogen-bond donors (Lipinski definition) is 2. The van der Waals surface area contributed by atoms with Crippen LogP contribution in [0.15, 0.2) is 24.7 Å². The highest BCUT2D eigenvalue weighted by molar-refractivity contribution is 5.62. The smallest absolute Gasteiger partial charge is 0.227 e. The summed E-state index contributed by atoms with van der Waals surface area (Å²) >= 11 is 0. The number of nitrogens with one attached hydrogen (secondary N) is 1. The number of hydrogen-bond acceptors (Lipinski definition) is 10. The molecule has 0 aliphatic carbocycles. The lowest BCUT2D eigenvalue weighted by molar-refractivity contribution is 0.133. The van der Waals surface area contributed by atoms with Gasteiger partial charge in [-0.25, -0.2) is 9.97 Å². The van der Waals surface area contributed by atoms with Gasteiger partial charge in [0.25, 0.3) is 0 Å². The molecule has 1 fully saturated rings. The first-order valence-corrected chi connectivity index (χ1v) is 11.1. The zero-order valence-corrected chi connectivity index (χ0v) is 19.4. The van der Waals surface area contributed by atoms with Crippen LogP contribution in [0.4, 0.5) is 17.6 Å². The molecule has 2 aromatic heterocycles. The number of rotatable bonds is 8. The SMILES string of the molecule is COc1cc(-n2cnc(Nc3nc(N4CCC[C@H]4CO)nc4c3COC4)c2)cc(OC)c1OC. The number of aromatic nitrogens is 4. The summed E-state index contributed by atoms with van der Waals surface area (Å²) in [6, 6.07) is 3.74. The topological polar surface area (TPSA) is 116 Å².